The summed E-state index contributed by atoms with van der Waals surface area (Å²) >= 11 is 6.03. The van der Waals surface area contributed by atoms with Gasteiger partial charge in [0.05, 0.1) is 12.2 Å². The molecule has 3 nitrogen and oxygen atoms in total. The van der Waals surface area contributed by atoms with E-state index in [0.29, 0.717) is 5.02 Å². The van der Waals surface area contributed by atoms with E-state index in [0.717, 1.165) is 37.2 Å². The minimum Gasteiger partial charge on any atom is -0.487 e. The quantitative estimate of drug-likeness (QED) is 0.792. The molecule has 0 aliphatic carbocycles. The van der Waals surface area contributed by atoms with Crippen molar-refractivity contribution in [1.29, 1.82) is 0 Å². The molecule has 0 radical (unpaired) electrons. The largest absolute Gasteiger partial charge is 0.487 e. The fourth-order valence-corrected chi connectivity index (χ4v) is 3.56. The normalized spacial score (nSPS) is 32.7. The maximum atomic E-state index is 6.33. The molecule has 0 aromatic heterocycles. The van der Waals surface area contributed by atoms with Gasteiger partial charge in [0.15, 0.2) is 0 Å². The first-order valence-corrected chi connectivity index (χ1v) is 7.15. The zero-order valence-electron chi connectivity index (χ0n) is 11.4. The number of benzene rings is 1. The van der Waals surface area contributed by atoms with Gasteiger partial charge in [-0.3, -0.25) is 0 Å². The summed E-state index contributed by atoms with van der Waals surface area (Å²) in [6.07, 6.45) is 2.59. The molecule has 0 saturated carbocycles. The van der Waals surface area contributed by atoms with Crippen LogP contribution in [0.5, 0.6) is 5.75 Å². The van der Waals surface area contributed by atoms with E-state index in [4.69, 9.17) is 26.8 Å². The fourth-order valence-electron chi connectivity index (χ4n) is 3.38. The van der Waals surface area contributed by atoms with Crippen molar-refractivity contribution >= 4 is 11.6 Å². The van der Waals surface area contributed by atoms with Crippen molar-refractivity contribution in [2.24, 2.45) is 5.73 Å². The second-order valence-corrected chi connectivity index (χ2v) is 6.75. The molecule has 0 bridgehead atoms. The average molecular weight is 282 g/mol. The molecular weight excluding hydrogens is 262 g/mol. The molecule has 4 heteroatoms. The summed E-state index contributed by atoms with van der Waals surface area (Å²) in [5.41, 5.74) is 7.00. The first-order valence-electron chi connectivity index (χ1n) is 6.77. The lowest BCUT2D eigenvalue weighted by Gasteiger charge is -2.48. The number of rotatable bonds is 0. The minimum atomic E-state index is -0.192. The lowest BCUT2D eigenvalue weighted by molar-refractivity contribution is -0.141. The summed E-state index contributed by atoms with van der Waals surface area (Å²) in [4.78, 5) is 0. The molecule has 104 valence electrons. The molecule has 1 spiro atoms. The van der Waals surface area contributed by atoms with E-state index >= 15 is 0 Å². The first-order chi connectivity index (χ1) is 8.89. The van der Waals surface area contributed by atoms with Crippen LogP contribution in [0.25, 0.3) is 0 Å². The van der Waals surface area contributed by atoms with E-state index in [9.17, 15) is 0 Å². The summed E-state index contributed by atoms with van der Waals surface area (Å²) in [7, 11) is 0. The van der Waals surface area contributed by atoms with Crippen LogP contribution in [0.15, 0.2) is 18.2 Å². The Kier molecular flexibility index (Phi) is 3.04. The lowest BCUT2D eigenvalue weighted by atomic mass is 9.77. The van der Waals surface area contributed by atoms with Gasteiger partial charge in [0.2, 0.25) is 0 Å². The number of halogens is 1. The molecule has 19 heavy (non-hydrogen) atoms. The molecule has 1 fully saturated rings. The highest BCUT2D eigenvalue weighted by Crippen LogP contribution is 2.46. The maximum absolute atomic E-state index is 6.33. The topological polar surface area (TPSA) is 44.5 Å². The molecule has 0 amide bonds. The highest BCUT2D eigenvalue weighted by atomic mass is 35.5. The van der Waals surface area contributed by atoms with Crippen LogP contribution in [-0.4, -0.2) is 17.8 Å². The van der Waals surface area contributed by atoms with Crippen molar-refractivity contribution in [3.8, 4) is 5.75 Å². The molecule has 2 heterocycles. The van der Waals surface area contributed by atoms with Gasteiger partial charge in [-0.15, -0.1) is 0 Å². The third kappa shape index (κ3) is 2.47. The molecule has 1 unspecified atom stereocenters. The predicted molar refractivity (Wildman–Crippen MR) is 75.6 cm³/mol. The number of hydrogen-bond acceptors (Lipinski definition) is 3. The Hall–Kier alpha value is -0.770. The molecule has 2 atom stereocenters. The number of hydrogen-bond donors (Lipinski definition) is 1. The Morgan fingerprint density at radius 3 is 2.89 bits per heavy atom. The Labute approximate surface area is 119 Å². The van der Waals surface area contributed by atoms with E-state index in [2.05, 4.69) is 13.8 Å². The molecule has 3 rings (SSSR count). The highest BCUT2D eigenvalue weighted by Gasteiger charge is 2.46. The van der Waals surface area contributed by atoms with Gasteiger partial charge in [-0.05, 0) is 32.0 Å². The molecule has 1 aromatic carbocycles. The van der Waals surface area contributed by atoms with Crippen LogP contribution in [-0.2, 0) is 4.74 Å². The van der Waals surface area contributed by atoms with E-state index in [1.54, 1.807) is 0 Å². The zero-order chi connectivity index (χ0) is 13.7. The van der Waals surface area contributed by atoms with Crippen molar-refractivity contribution in [3.05, 3.63) is 28.8 Å². The number of fused-ring (bicyclic) bond motifs is 1. The molecule has 1 saturated heterocycles. The summed E-state index contributed by atoms with van der Waals surface area (Å²) in [6.45, 7) is 4.95. The van der Waals surface area contributed by atoms with Crippen molar-refractivity contribution < 1.29 is 9.47 Å². The maximum Gasteiger partial charge on any atom is 0.125 e. The van der Waals surface area contributed by atoms with Gasteiger partial charge in [0.25, 0.3) is 0 Å². The summed E-state index contributed by atoms with van der Waals surface area (Å²) in [5.74, 6) is 0.876. The third-order valence-electron chi connectivity index (χ3n) is 4.09. The van der Waals surface area contributed by atoms with E-state index < -0.39 is 0 Å². The van der Waals surface area contributed by atoms with Crippen molar-refractivity contribution in [2.75, 3.05) is 6.61 Å². The van der Waals surface area contributed by atoms with Crippen LogP contribution in [0.4, 0.5) is 0 Å². The number of nitrogens with two attached hydrogens (primary N) is 1. The molecule has 1 aromatic rings. The molecule has 2 N–H and O–H groups in total. The fraction of sp³-hybridized carbons (Fsp3) is 0.600. The van der Waals surface area contributed by atoms with Gasteiger partial charge in [0, 0.05) is 35.9 Å². The summed E-state index contributed by atoms with van der Waals surface area (Å²) < 4.78 is 12.1. The third-order valence-corrected chi connectivity index (χ3v) is 4.32. The van der Waals surface area contributed by atoms with Gasteiger partial charge < -0.3 is 15.2 Å². The van der Waals surface area contributed by atoms with Crippen molar-refractivity contribution in [2.45, 2.75) is 50.4 Å². The van der Waals surface area contributed by atoms with E-state index in [-0.39, 0.29) is 17.2 Å². The zero-order valence-corrected chi connectivity index (χ0v) is 12.2. The smallest absolute Gasteiger partial charge is 0.125 e. The second-order valence-electron chi connectivity index (χ2n) is 6.31. The molecular formula is C15H20ClNO2. The van der Waals surface area contributed by atoms with Crippen LogP contribution >= 0.6 is 11.6 Å². The van der Waals surface area contributed by atoms with Crippen LogP contribution in [0.1, 0.15) is 44.7 Å². The summed E-state index contributed by atoms with van der Waals surface area (Å²) in [5, 5.41) is 0.709. The molecule has 2 aliphatic rings. The van der Waals surface area contributed by atoms with Crippen LogP contribution in [0.3, 0.4) is 0 Å². The monoisotopic (exact) mass is 281 g/mol. The van der Waals surface area contributed by atoms with Gasteiger partial charge in [-0.25, -0.2) is 0 Å². The minimum absolute atomic E-state index is 0.0173. The van der Waals surface area contributed by atoms with Crippen LogP contribution in [0, 0.1) is 0 Å². The Morgan fingerprint density at radius 2 is 2.16 bits per heavy atom. The first kappa shape index (κ1) is 13.2. The van der Waals surface area contributed by atoms with Gasteiger partial charge in [0.1, 0.15) is 11.4 Å². The van der Waals surface area contributed by atoms with Gasteiger partial charge in [-0.1, -0.05) is 11.6 Å². The van der Waals surface area contributed by atoms with Crippen molar-refractivity contribution in [1.82, 2.24) is 0 Å². The highest BCUT2D eigenvalue weighted by molar-refractivity contribution is 6.30. The van der Waals surface area contributed by atoms with Crippen LogP contribution in [0.2, 0.25) is 5.02 Å². The second kappa shape index (κ2) is 4.37. The van der Waals surface area contributed by atoms with Crippen LogP contribution < -0.4 is 10.5 Å². The van der Waals surface area contributed by atoms with Crippen molar-refractivity contribution in [3.63, 3.8) is 0 Å². The van der Waals surface area contributed by atoms with E-state index in [1.807, 2.05) is 18.2 Å². The SMILES string of the molecule is CC1(C)CC2(CCO1)C[C@@H](N)c1cc(Cl)ccc1O2. The summed E-state index contributed by atoms with van der Waals surface area (Å²) in [6, 6.07) is 5.69. The average Bonchev–Trinajstić information content (AvgIpc) is 2.29. The Balaban J connectivity index is 1.94. The lowest BCUT2D eigenvalue weighted by Crippen LogP contribution is -2.52. The number of ether oxygens (including phenoxy) is 2. The van der Waals surface area contributed by atoms with E-state index in [1.165, 1.54) is 0 Å². The Bertz CT molecular complexity index is 503. The standard InChI is InChI=1S/C15H20ClNO2/c1-14(2)9-15(5-6-18-14)8-12(17)11-7-10(16)3-4-13(11)19-15/h3-4,7,12H,5-6,8-9,17H2,1-2H3/t12-,15?/m1/s1. The molecule has 2 aliphatic heterocycles. The predicted octanol–water partition coefficient (Wildman–Crippen LogP) is 3.45. The Morgan fingerprint density at radius 1 is 1.37 bits per heavy atom. The van der Waals surface area contributed by atoms with Gasteiger partial charge in [-0.2, -0.15) is 0 Å². The van der Waals surface area contributed by atoms with Gasteiger partial charge >= 0.3 is 0 Å².